The van der Waals surface area contributed by atoms with Gasteiger partial charge < -0.3 is 14.4 Å². The van der Waals surface area contributed by atoms with Gasteiger partial charge in [-0.05, 0) is 49.4 Å². The number of nitrogens with zero attached hydrogens (tertiary/aromatic N) is 2. The van der Waals surface area contributed by atoms with Crippen molar-refractivity contribution in [1.29, 1.82) is 0 Å². The van der Waals surface area contributed by atoms with Gasteiger partial charge in [0.2, 0.25) is 0 Å². The van der Waals surface area contributed by atoms with Gasteiger partial charge in [-0.15, -0.1) is 11.3 Å². The van der Waals surface area contributed by atoms with Gasteiger partial charge in [0, 0.05) is 21.9 Å². The van der Waals surface area contributed by atoms with Crippen LogP contribution in [0.3, 0.4) is 0 Å². The molecular weight excluding hydrogens is 489 g/mol. The second-order valence-corrected chi connectivity index (χ2v) is 9.46. The molecule has 0 amide bonds. The normalized spacial score (nSPS) is 11.6. The molecule has 194 valence electrons. The molecule has 0 aliphatic rings. The van der Waals surface area contributed by atoms with Gasteiger partial charge in [0.05, 0.1) is 23.6 Å². The number of rotatable bonds is 8. The quantitative estimate of drug-likeness (QED) is 0.259. The third-order valence-corrected chi connectivity index (χ3v) is 6.69. The summed E-state index contributed by atoms with van der Waals surface area (Å²) in [6.45, 7) is 10.2. The summed E-state index contributed by atoms with van der Waals surface area (Å²) in [6.07, 6.45) is -3.03. The van der Waals surface area contributed by atoms with Gasteiger partial charge in [0.1, 0.15) is 17.4 Å². The van der Waals surface area contributed by atoms with Crippen molar-refractivity contribution in [2.45, 2.75) is 59.6 Å². The van der Waals surface area contributed by atoms with Crippen LogP contribution in [-0.2, 0) is 19.0 Å². The van der Waals surface area contributed by atoms with Gasteiger partial charge in [-0.1, -0.05) is 45.0 Å². The zero-order valence-corrected chi connectivity index (χ0v) is 21.9. The fourth-order valence-corrected chi connectivity index (χ4v) is 4.99. The average molecular weight is 521 g/mol. The van der Waals surface area contributed by atoms with Crippen LogP contribution in [0.2, 0.25) is 0 Å². The second-order valence-electron chi connectivity index (χ2n) is 8.37. The molecule has 0 saturated heterocycles. The summed E-state index contributed by atoms with van der Waals surface area (Å²) in [4.78, 5) is 5.83. The second kappa shape index (κ2) is 11.9. The topological polar surface area (TPSA) is 68.4 Å². The monoisotopic (exact) mass is 520 g/mol. The number of fused-ring (bicyclic) bond motifs is 1. The van der Waals surface area contributed by atoms with E-state index in [0.717, 1.165) is 39.3 Å². The Bertz CT molecular complexity index is 1280. The lowest BCUT2D eigenvalue weighted by Crippen LogP contribution is -2.03. The number of thiazole rings is 1. The van der Waals surface area contributed by atoms with Gasteiger partial charge in [0.15, 0.2) is 5.58 Å². The Morgan fingerprint density at radius 1 is 1.08 bits per heavy atom. The molecule has 0 saturated carbocycles. The Kier molecular flexibility index (Phi) is 9.13. The number of hydrogen-bond donors (Lipinski definition) is 1. The average Bonchev–Trinajstić information content (AvgIpc) is 3.46. The van der Waals surface area contributed by atoms with Crippen LogP contribution < -0.4 is 4.74 Å². The molecule has 0 unspecified atom stereocenters. The number of alkyl halides is 3. The highest BCUT2D eigenvalue weighted by atomic mass is 32.1. The largest absolute Gasteiger partial charge is 0.491 e. The van der Waals surface area contributed by atoms with Crippen LogP contribution in [0.5, 0.6) is 5.75 Å². The van der Waals surface area contributed by atoms with Crippen molar-refractivity contribution in [3.63, 3.8) is 0 Å². The predicted octanol–water partition coefficient (Wildman–Crippen LogP) is 7.58. The van der Waals surface area contributed by atoms with Crippen LogP contribution in [0.25, 0.3) is 21.5 Å². The molecule has 0 bridgehead atoms. The molecule has 2 aromatic heterocycles. The van der Waals surface area contributed by atoms with Crippen LogP contribution in [0.4, 0.5) is 13.2 Å². The maximum absolute atomic E-state index is 12.9. The molecule has 9 heteroatoms. The van der Waals surface area contributed by atoms with Crippen molar-refractivity contribution >= 4 is 22.3 Å². The summed E-state index contributed by atoms with van der Waals surface area (Å²) in [7, 11) is 0. The van der Waals surface area contributed by atoms with Gasteiger partial charge in [-0.25, -0.2) is 4.98 Å². The summed E-state index contributed by atoms with van der Waals surface area (Å²) >= 11 is 1.50. The molecule has 0 atom stereocenters. The molecule has 0 spiro atoms. The van der Waals surface area contributed by atoms with Crippen LogP contribution in [0, 0.1) is 6.92 Å². The van der Waals surface area contributed by atoms with E-state index < -0.39 is 11.7 Å². The number of aliphatic hydroxyl groups excluding tert-OH is 1. The number of halogens is 3. The number of aliphatic hydroxyl groups is 1. The van der Waals surface area contributed by atoms with E-state index in [-0.39, 0.29) is 19.1 Å². The van der Waals surface area contributed by atoms with E-state index >= 15 is 0 Å². The van der Waals surface area contributed by atoms with Gasteiger partial charge >= 0.3 is 6.18 Å². The molecule has 0 aliphatic carbocycles. The van der Waals surface area contributed by atoms with E-state index in [4.69, 9.17) is 19.4 Å². The van der Waals surface area contributed by atoms with Gasteiger partial charge in [0.25, 0.3) is 0 Å². The number of aromatic nitrogens is 2. The Hall–Kier alpha value is -2.91. The predicted molar refractivity (Wildman–Crippen MR) is 137 cm³/mol. The van der Waals surface area contributed by atoms with Crippen molar-refractivity contribution in [1.82, 2.24) is 10.1 Å². The fraction of sp³-hybridized carbons (Fsp3) is 0.407. The summed E-state index contributed by atoms with van der Waals surface area (Å²) in [5, 5.41) is 14.8. The van der Waals surface area contributed by atoms with Crippen molar-refractivity contribution in [2.24, 2.45) is 0 Å². The lowest BCUT2D eigenvalue weighted by atomic mass is 10.0. The van der Waals surface area contributed by atoms with E-state index in [1.54, 1.807) is 6.07 Å². The van der Waals surface area contributed by atoms with Crippen molar-refractivity contribution in [3.05, 3.63) is 63.8 Å². The van der Waals surface area contributed by atoms with E-state index in [1.165, 1.54) is 23.5 Å². The van der Waals surface area contributed by atoms with Crippen molar-refractivity contribution in [2.75, 3.05) is 13.2 Å². The molecule has 0 fully saturated rings. The Morgan fingerprint density at radius 3 is 2.39 bits per heavy atom. The third kappa shape index (κ3) is 6.25. The first kappa shape index (κ1) is 27.7. The lowest BCUT2D eigenvalue weighted by molar-refractivity contribution is -0.137. The molecule has 4 aromatic rings. The van der Waals surface area contributed by atoms with Crippen molar-refractivity contribution in [3.8, 4) is 16.3 Å². The highest BCUT2D eigenvalue weighted by Gasteiger charge is 2.30. The maximum Gasteiger partial charge on any atom is 0.416 e. The van der Waals surface area contributed by atoms with E-state index in [0.29, 0.717) is 34.7 Å². The molecular formula is C27H31F3N2O3S. The Labute approximate surface area is 212 Å². The summed E-state index contributed by atoms with van der Waals surface area (Å²) in [6, 6.07) is 8.88. The first-order valence-electron chi connectivity index (χ1n) is 12.0. The first-order chi connectivity index (χ1) is 17.2. The Morgan fingerprint density at radius 2 is 1.78 bits per heavy atom. The number of aryl methyl sites for hydroxylation is 3. The smallest absolute Gasteiger partial charge is 0.416 e. The van der Waals surface area contributed by atoms with E-state index in [9.17, 15) is 13.2 Å². The molecule has 0 radical (unpaired) electrons. The number of ether oxygens (including phenoxy) is 1. The minimum Gasteiger partial charge on any atom is -0.491 e. The van der Waals surface area contributed by atoms with Gasteiger partial charge in [-0.3, -0.25) is 0 Å². The van der Waals surface area contributed by atoms with E-state index in [2.05, 4.69) is 19.0 Å². The standard InChI is InChI=1S/C25H25F3N2O3S.C2H6/c1-14(2)23-22(34-24(29-23)16-4-6-17(7-5-16)25(26,27)28)9-8-19-18-12-15(3)20(32-11-10-31)13-21(18)33-30-19;1-2/h4-7,12-14,31H,8-11H2,1-3H3;1-2H3. The summed E-state index contributed by atoms with van der Waals surface area (Å²) < 4.78 is 49.7. The van der Waals surface area contributed by atoms with Crippen LogP contribution in [0.15, 0.2) is 40.9 Å². The molecule has 4 rings (SSSR count). The van der Waals surface area contributed by atoms with Crippen LogP contribution >= 0.6 is 11.3 Å². The number of hydrogen-bond acceptors (Lipinski definition) is 6. The number of benzene rings is 2. The lowest BCUT2D eigenvalue weighted by Gasteiger charge is -2.07. The van der Waals surface area contributed by atoms with Crippen LogP contribution in [-0.4, -0.2) is 28.5 Å². The molecule has 2 aromatic carbocycles. The molecule has 5 nitrogen and oxygen atoms in total. The van der Waals surface area contributed by atoms with Gasteiger partial charge in [-0.2, -0.15) is 13.2 Å². The zero-order chi connectivity index (χ0) is 26.5. The molecule has 2 heterocycles. The maximum atomic E-state index is 12.9. The SMILES string of the molecule is CC.Cc1cc2c(CCc3sc(-c4ccc(C(F)(F)F)cc4)nc3C(C)C)noc2cc1OCCO. The minimum absolute atomic E-state index is 0.0688. The minimum atomic E-state index is -4.36. The highest BCUT2D eigenvalue weighted by molar-refractivity contribution is 7.15. The van der Waals surface area contributed by atoms with E-state index in [1.807, 2.05) is 26.8 Å². The molecule has 1 N–H and O–H groups in total. The molecule has 0 aliphatic heterocycles. The summed E-state index contributed by atoms with van der Waals surface area (Å²) in [5.74, 6) is 0.826. The third-order valence-electron chi connectivity index (χ3n) is 5.51. The first-order valence-corrected chi connectivity index (χ1v) is 12.8. The molecule has 36 heavy (non-hydrogen) atoms. The van der Waals surface area contributed by atoms with Crippen molar-refractivity contribution < 1.29 is 27.5 Å². The van der Waals surface area contributed by atoms with Crippen LogP contribution in [0.1, 0.15) is 61.0 Å². The fourth-order valence-electron chi connectivity index (χ4n) is 3.77. The summed E-state index contributed by atoms with van der Waals surface area (Å²) in [5.41, 5.74) is 3.32. The zero-order valence-electron chi connectivity index (χ0n) is 21.1. The highest BCUT2D eigenvalue weighted by Crippen LogP contribution is 2.36. The Balaban J connectivity index is 0.00000176.